The molecule has 1 atom stereocenters. The first kappa shape index (κ1) is 16.2. The van der Waals surface area contributed by atoms with Crippen LogP contribution in [-0.2, 0) is 4.74 Å². The maximum absolute atomic E-state index is 12.0. The van der Waals surface area contributed by atoms with Gasteiger partial charge in [-0.1, -0.05) is 16.8 Å². The first-order valence-corrected chi connectivity index (χ1v) is 8.29. The van der Waals surface area contributed by atoms with Gasteiger partial charge in [-0.05, 0) is 53.3 Å². The van der Waals surface area contributed by atoms with Crippen LogP contribution in [0, 0.1) is 5.92 Å². The van der Waals surface area contributed by atoms with E-state index in [1.54, 1.807) is 19.1 Å². The first-order valence-electron chi connectivity index (χ1n) is 7.40. The zero-order valence-corrected chi connectivity index (χ0v) is 14.6. The standard InChI is InChI=1S/C15H17ClN3O3P/c1-2-21-15(20)13-14(19(23)18-17-13)10-5-11(16)7-12(6-10)22-8-9-3-4-9/h5-7,9H,2-4,8,23H2,1H3. The predicted octanol–water partition coefficient (Wildman–Crippen LogP) is 3.20. The molecule has 1 aliphatic carbocycles. The van der Waals surface area contributed by atoms with Gasteiger partial charge >= 0.3 is 5.97 Å². The Kier molecular flexibility index (Phi) is 4.83. The molecule has 6 nitrogen and oxygen atoms in total. The molecule has 1 aliphatic rings. The summed E-state index contributed by atoms with van der Waals surface area (Å²) in [6, 6.07) is 5.33. The highest BCUT2D eigenvalue weighted by molar-refractivity contribution is 7.14. The number of ether oxygens (including phenoxy) is 2. The average molecular weight is 354 g/mol. The molecule has 1 unspecified atom stereocenters. The van der Waals surface area contributed by atoms with Gasteiger partial charge in [-0.2, -0.15) is 0 Å². The Morgan fingerprint density at radius 2 is 2.22 bits per heavy atom. The van der Waals surface area contributed by atoms with E-state index in [1.807, 2.05) is 6.07 Å². The van der Waals surface area contributed by atoms with Gasteiger partial charge in [0, 0.05) is 10.6 Å². The van der Waals surface area contributed by atoms with Gasteiger partial charge in [0.05, 0.1) is 13.2 Å². The Balaban J connectivity index is 1.94. The monoisotopic (exact) mass is 353 g/mol. The molecule has 0 amide bonds. The van der Waals surface area contributed by atoms with E-state index in [1.165, 1.54) is 17.3 Å². The highest BCUT2D eigenvalue weighted by Gasteiger charge is 2.24. The fourth-order valence-corrected chi connectivity index (χ4v) is 2.73. The van der Waals surface area contributed by atoms with Crippen LogP contribution in [0.5, 0.6) is 5.75 Å². The number of nitrogens with zero attached hydrogens (tertiary/aromatic N) is 3. The van der Waals surface area contributed by atoms with Crippen molar-refractivity contribution in [1.29, 1.82) is 0 Å². The van der Waals surface area contributed by atoms with E-state index in [0.717, 1.165) is 0 Å². The van der Waals surface area contributed by atoms with Crippen LogP contribution in [0.3, 0.4) is 0 Å². The van der Waals surface area contributed by atoms with Crippen LogP contribution in [0.2, 0.25) is 5.02 Å². The van der Waals surface area contributed by atoms with Crippen molar-refractivity contribution in [3.05, 3.63) is 28.9 Å². The minimum Gasteiger partial charge on any atom is -0.493 e. The zero-order valence-electron chi connectivity index (χ0n) is 12.7. The Hall–Kier alpha value is -1.65. The molecule has 0 radical (unpaired) electrons. The summed E-state index contributed by atoms with van der Waals surface area (Å²) in [5, 5.41) is 8.30. The molecule has 3 rings (SSSR count). The van der Waals surface area contributed by atoms with Crippen molar-refractivity contribution in [2.75, 3.05) is 13.2 Å². The zero-order chi connectivity index (χ0) is 16.4. The lowest BCUT2D eigenvalue weighted by Crippen LogP contribution is -2.07. The molecule has 23 heavy (non-hydrogen) atoms. The molecule has 122 valence electrons. The molecule has 8 heteroatoms. The number of benzene rings is 1. The third-order valence-electron chi connectivity index (χ3n) is 3.49. The van der Waals surface area contributed by atoms with E-state index >= 15 is 0 Å². The maximum Gasteiger partial charge on any atom is 0.361 e. The Bertz CT molecular complexity index is 731. The second-order valence-corrected chi connectivity index (χ2v) is 6.31. The van der Waals surface area contributed by atoms with Gasteiger partial charge < -0.3 is 9.47 Å². The number of carbonyl (C=O) groups excluding carboxylic acids is 1. The van der Waals surface area contributed by atoms with Crippen molar-refractivity contribution in [3.8, 4) is 17.0 Å². The highest BCUT2D eigenvalue weighted by atomic mass is 35.5. The van der Waals surface area contributed by atoms with E-state index in [0.29, 0.717) is 34.6 Å². The highest BCUT2D eigenvalue weighted by Crippen LogP contribution is 2.33. The summed E-state index contributed by atoms with van der Waals surface area (Å²) < 4.78 is 12.2. The van der Waals surface area contributed by atoms with Gasteiger partial charge in [-0.3, -0.25) is 0 Å². The first-order chi connectivity index (χ1) is 11.1. The Labute approximate surface area is 141 Å². The number of esters is 1. The van der Waals surface area contributed by atoms with Crippen molar-refractivity contribution >= 4 is 27.0 Å². The summed E-state index contributed by atoms with van der Waals surface area (Å²) in [7, 11) is 2.40. The van der Waals surface area contributed by atoms with E-state index in [9.17, 15) is 4.79 Å². The third kappa shape index (κ3) is 3.82. The number of aromatic nitrogens is 3. The summed E-state index contributed by atoms with van der Waals surface area (Å²) in [5.74, 6) is 0.790. The molecule has 0 spiro atoms. The number of rotatable bonds is 6. The number of carbonyl (C=O) groups is 1. The minimum absolute atomic E-state index is 0.150. The lowest BCUT2D eigenvalue weighted by atomic mass is 10.1. The smallest absolute Gasteiger partial charge is 0.361 e. The van der Waals surface area contributed by atoms with Crippen LogP contribution in [0.25, 0.3) is 11.3 Å². The summed E-state index contributed by atoms with van der Waals surface area (Å²) in [6.07, 6.45) is 2.42. The molecule has 0 saturated heterocycles. The molecule has 0 N–H and O–H groups in total. The third-order valence-corrected chi connectivity index (χ3v) is 4.07. The Morgan fingerprint density at radius 1 is 1.43 bits per heavy atom. The van der Waals surface area contributed by atoms with Crippen LogP contribution in [0.4, 0.5) is 0 Å². The molecular formula is C15H17ClN3O3P. The SMILES string of the molecule is CCOC(=O)c1nnn(P)c1-c1cc(Cl)cc(OCC2CC2)c1. The largest absolute Gasteiger partial charge is 0.493 e. The maximum atomic E-state index is 12.0. The van der Waals surface area contributed by atoms with Crippen LogP contribution < -0.4 is 4.74 Å². The van der Waals surface area contributed by atoms with E-state index in [4.69, 9.17) is 21.1 Å². The van der Waals surface area contributed by atoms with Crippen LogP contribution >= 0.6 is 21.0 Å². The minimum atomic E-state index is -0.517. The van der Waals surface area contributed by atoms with Gasteiger partial charge in [0.25, 0.3) is 0 Å². The van der Waals surface area contributed by atoms with Gasteiger partial charge in [0.15, 0.2) is 5.69 Å². The lowest BCUT2D eigenvalue weighted by molar-refractivity contribution is 0.0520. The fourth-order valence-electron chi connectivity index (χ4n) is 2.18. The molecule has 1 saturated carbocycles. The van der Waals surface area contributed by atoms with Gasteiger partial charge in [-0.15, -0.1) is 5.10 Å². The van der Waals surface area contributed by atoms with Crippen molar-refractivity contribution in [2.24, 2.45) is 5.92 Å². The van der Waals surface area contributed by atoms with Gasteiger partial charge in [0.2, 0.25) is 0 Å². The lowest BCUT2D eigenvalue weighted by Gasteiger charge is -2.10. The van der Waals surface area contributed by atoms with E-state index < -0.39 is 5.97 Å². The molecular weight excluding hydrogens is 337 g/mol. The summed E-state index contributed by atoms with van der Waals surface area (Å²) in [6.45, 7) is 2.70. The topological polar surface area (TPSA) is 66.2 Å². The van der Waals surface area contributed by atoms with Crippen molar-refractivity contribution in [1.82, 2.24) is 14.8 Å². The van der Waals surface area contributed by atoms with E-state index in [-0.39, 0.29) is 12.3 Å². The normalized spacial score (nSPS) is 13.9. The number of hydrogen-bond acceptors (Lipinski definition) is 5. The molecule has 0 aliphatic heterocycles. The van der Waals surface area contributed by atoms with Crippen molar-refractivity contribution < 1.29 is 14.3 Å². The van der Waals surface area contributed by atoms with E-state index in [2.05, 4.69) is 19.7 Å². The molecule has 1 aromatic carbocycles. The summed E-state index contributed by atoms with van der Waals surface area (Å²) >= 11 is 6.19. The summed E-state index contributed by atoms with van der Waals surface area (Å²) in [5.41, 5.74) is 1.37. The molecule has 0 bridgehead atoms. The van der Waals surface area contributed by atoms with Crippen LogP contribution in [0.1, 0.15) is 30.3 Å². The van der Waals surface area contributed by atoms with Gasteiger partial charge in [0.1, 0.15) is 11.4 Å². The number of hydrogen-bond donors (Lipinski definition) is 0. The quantitative estimate of drug-likeness (QED) is 0.589. The Morgan fingerprint density at radius 3 is 2.91 bits per heavy atom. The number of halogens is 1. The van der Waals surface area contributed by atoms with Crippen molar-refractivity contribution in [2.45, 2.75) is 19.8 Å². The van der Waals surface area contributed by atoms with Crippen LogP contribution in [0.15, 0.2) is 18.2 Å². The second-order valence-electron chi connectivity index (χ2n) is 5.38. The van der Waals surface area contributed by atoms with Gasteiger partial charge in [-0.25, -0.2) is 9.25 Å². The second kappa shape index (κ2) is 6.85. The molecule has 2 aromatic rings. The van der Waals surface area contributed by atoms with Crippen molar-refractivity contribution in [3.63, 3.8) is 0 Å². The summed E-state index contributed by atoms with van der Waals surface area (Å²) in [4.78, 5) is 12.0. The van der Waals surface area contributed by atoms with Crippen LogP contribution in [-0.4, -0.2) is 33.9 Å². The fraction of sp³-hybridized carbons (Fsp3) is 0.400. The molecule has 1 heterocycles. The molecule has 1 fully saturated rings. The predicted molar refractivity (Wildman–Crippen MR) is 89.8 cm³/mol. The molecule has 1 aromatic heterocycles. The average Bonchev–Trinajstić information content (AvgIpc) is 3.26.